The SMILES string of the molecule is C.C.C.C.Cc1ccc(S(=O)(=O)N2CC=C(c3ncc(-c4cccc(C(F)(F)F)c4)[nH]3)CC2)cc1.FC(F)(F)c1cccc(-c2cnc(C3=CCN(c4ccccn4)CC3)[nH]2)c1.O=S(=O)(c1cccc2ccccc12)N1CC=C(c2ncc(-c3cccc(C(F)(F)F)c3)[nH]2)CC1. The van der Waals surface area contributed by atoms with Crippen LogP contribution in [0.1, 0.15) is 88.7 Å². The van der Waals surface area contributed by atoms with Gasteiger partial charge in [-0.15, -0.1) is 0 Å². The molecule has 0 atom stereocenters. The minimum atomic E-state index is -4.43. The number of hydrogen-bond acceptors (Lipinski definition) is 9. The lowest BCUT2D eigenvalue weighted by Gasteiger charge is -2.26. The quantitative estimate of drug-likeness (QED) is 0.106. The van der Waals surface area contributed by atoms with Crippen LogP contribution >= 0.6 is 0 Å². The van der Waals surface area contributed by atoms with E-state index in [9.17, 15) is 56.3 Å². The number of benzene rings is 6. The summed E-state index contributed by atoms with van der Waals surface area (Å²) in [5.41, 5.74) is 4.30. The van der Waals surface area contributed by atoms with Gasteiger partial charge in [0.25, 0.3) is 0 Å². The zero-order chi connectivity index (χ0) is 65.0. The first kappa shape index (κ1) is 74.0. The molecule has 4 aromatic heterocycles. The number of pyridine rings is 1. The first-order valence-electron chi connectivity index (χ1n) is 28.9. The molecule has 3 N–H and O–H groups in total. The molecular weight excluding hydrogens is 1290 g/mol. The topological polar surface area (TPSA) is 177 Å². The fourth-order valence-electron chi connectivity index (χ4n) is 10.7. The van der Waals surface area contributed by atoms with E-state index in [0.717, 1.165) is 82.9 Å². The number of aryl methyl sites for hydroxylation is 1. The number of halogens is 9. The third-order valence-corrected chi connectivity index (χ3v) is 19.5. The van der Waals surface area contributed by atoms with E-state index < -0.39 is 55.3 Å². The number of nitrogens with one attached hydrogen (secondary N) is 3. The number of sulfonamides is 2. The summed E-state index contributed by atoms with van der Waals surface area (Å²) < 4.78 is 172. The maximum Gasteiger partial charge on any atom is 0.416 e. The number of hydrogen-bond donors (Lipinski definition) is 3. The van der Waals surface area contributed by atoms with E-state index in [0.29, 0.717) is 82.6 Å². The predicted octanol–water partition coefficient (Wildman–Crippen LogP) is 17.9. The number of nitrogens with zero attached hydrogens (tertiary/aromatic N) is 7. The molecule has 3 aliphatic heterocycles. The van der Waals surface area contributed by atoms with Crippen molar-refractivity contribution in [2.45, 2.75) is 84.2 Å². The van der Waals surface area contributed by atoms with Crippen molar-refractivity contribution in [3.8, 4) is 33.8 Å². The molecule has 0 bridgehead atoms. The maximum atomic E-state index is 13.3. The van der Waals surface area contributed by atoms with E-state index in [1.54, 1.807) is 85.2 Å². The summed E-state index contributed by atoms with van der Waals surface area (Å²) in [7, 11) is -7.29. The molecule has 0 aliphatic carbocycles. The van der Waals surface area contributed by atoms with Gasteiger partial charge in [-0.05, 0) is 115 Å². The molecule has 25 heteroatoms. The Labute approximate surface area is 553 Å². The Morgan fingerprint density at radius 2 is 0.833 bits per heavy atom. The van der Waals surface area contributed by atoms with Crippen molar-refractivity contribution in [1.29, 1.82) is 0 Å². The highest BCUT2D eigenvalue weighted by Crippen LogP contribution is 2.37. The second-order valence-corrected chi connectivity index (χ2v) is 25.6. The molecule has 0 radical (unpaired) electrons. The Balaban J connectivity index is 0.000000200. The van der Waals surface area contributed by atoms with E-state index in [1.165, 1.54) is 39.2 Å². The zero-order valence-corrected chi connectivity index (χ0v) is 50.5. The van der Waals surface area contributed by atoms with Gasteiger partial charge in [-0.3, -0.25) is 0 Å². The van der Waals surface area contributed by atoms with Gasteiger partial charge in [0.05, 0.1) is 62.2 Å². The van der Waals surface area contributed by atoms with Crippen molar-refractivity contribution in [2.24, 2.45) is 0 Å². The van der Waals surface area contributed by atoms with Crippen molar-refractivity contribution in [3.05, 3.63) is 240 Å². The van der Waals surface area contributed by atoms with Crippen molar-refractivity contribution in [3.63, 3.8) is 0 Å². The monoisotopic (exact) mass is 1360 g/mol. The van der Waals surface area contributed by atoms with Crippen LogP contribution in [0.2, 0.25) is 0 Å². The Morgan fingerprint density at radius 3 is 1.24 bits per heavy atom. The molecule has 13 rings (SSSR count). The predicted molar refractivity (Wildman–Crippen MR) is 361 cm³/mol. The number of alkyl halides is 9. The fourth-order valence-corrected chi connectivity index (χ4v) is 13.7. The van der Waals surface area contributed by atoms with Gasteiger partial charge in [0, 0.05) is 67.5 Å². The van der Waals surface area contributed by atoms with E-state index in [4.69, 9.17) is 0 Å². The van der Waals surface area contributed by atoms with Gasteiger partial charge in [0.2, 0.25) is 20.0 Å². The highest BCUT2D eigenvalue weighted by atomic mass is 32.2. The normalized spacial score (nSPS) is 14.7. The van der Waals surface area contributed by atoms with Crippen molar-refractivity contribution >= 4 is 53.4 Å². The third-order valence-electron chi connectivity index (χ3n) is 15.7. The summed E-state index contributed by atoms with van der Waals surface area (Å²) in [6, 6.07) is 40.4. The largest absolute Gasteiger partial charge is 0.416 e. The molecule has 0 amide bonds. The first-order chi connectivity index (χ1) is 43.9. The van der Waals surface area contributed by atoms with Gasteiger partial charge >= 0.3 is 18.5 Å². The number of H-pyrrole nitrogens is 3. The lowest BCUT2D eigenvalue weighted by molar-refractivity contribution is -0.138. The average molecular weight is 1370 g/mol. The Morgan fingerprint density at radius 1 is 0.427 bits per heavy atom. The molecule has 10 aromatic rings. The van der Waals surface area contributed by atoms with Crippen LogP contribution in [0.5, 0.6) is 0 Å². The summed E-state index contributed by atoms with van der Waals surface area (Å²) in [4.78, 5) is 29.3. The molecule has 0 saturated heterocycles. The number of anilines is 1. The highest BCUT2D eigenvalue weighted by molar-refractivity contribution is 7.89. The fraction of sp³-hybridized carbons (Fsp3) is 0.239. The third kappa shape index (κ3) is 17.0. The van der Waals surface area contributed by atoms with Crippen molar-refractivity contribution in [2.75, 3.05) is 44.2 Å². The van der Waals surface area contributed by atoms with Crippen LogP contribution in [0.3, 0.4) is 0 Å². The van der Waals surface area contributed by atoms with E-state index >= 15 is 0 Å². The van der Waals surface area contributed by atoms with Crippen LogP contribution in [0.4, 0.5) is 45.3 Å². The minimum absolute atomic E-state index is 0. The zero-order valence-electron chi connectivity index (χ0n) is 48.9. The van der Waals surface area contributed by atoms with Crippen LogP contribution in [0, 0.1) is 6.92 Å². The summed E-state index contributed by atoms with van der Waals surface area (Å²) in [6.45, 7) is 4.36. The summed E-state index contributed by atoms with van der Waals surface area (Å²) in [5.74, 6) is 2.68. The van der Waals surface area contributed by atoms with Gasteiger partial charge in [-0.2, -0.15) is 48.1 Å². The number of aromatic nitrogens is 7. The van der Waals surface area contributed by atoms with E-state index in [2.05, 4.69) is 45.9 Å². The summed E-state index contributed by atoms with van der Waals surface area (Å²) >= 11 is 0. The Bertz CT molecular complexity index is 4610. The second kappa shape index (κ2) is 30.5. The second-order valence-electron chi connectivity index (χ2n) is 21.8. The van der Waals surface area contributed by atoms with Crippen LogP contribution in [-0.4, -0.2) is 99.6 Å². The van der Waals surface area contributed by atoms with Gasteiger partial charge in [-0.25, -0.2) is 36.8 Å². The van der Waals surface area contributed by atoms with Crippen molar-refractivity contribution in [1.82, 2.24) is 43.5 Å². The lowest BCUT2D eigenvalue weighted by atomic mass is 10.1. The molecule has 0 spiro atoms. The molecule has 0 unspecified atom stereocenters. The molecule has 3 aliphatic rings. The number of fused-ring (bicyclic) bond motifs is 1. The molecule has 506 valence electrons. The number of rotatable bonds is 11. The average Bonchev–Trinajstić information content (AvgIpc) is 1.00. The molecule has 7 heterocycles. The van der Waals surface area contributed by atoms with E-state index in [-0.39, 0.29) is 59.1 Å². The van der Waals surface area contributed by atoms with Crippen molar-refractivity contribution < 1.29 is 56.3 Å². The number of imidazole rings is 3. The maximum absolute atomic E-state index is 13.3. The molecule has 6 aromatic carbocycles. The van der Waals surface area contributed by atoms with Gasteiger partial charge < -0.3 is 19.9 Å². The van der Waals surface area contributed by atoms with Crippen LogP contribution in [0.15, 0.2) is 211 Å². The van der Waals surface area contributed by atoms with Crippen LogP contribution in [0.25, 0.3) is 61.3 Å². The molecule has 0 fully saturated rings. The molecular formula is C71H73F9N10O4S2. The number of aromatic amines is 3. The smallest absolute Gasteiger partial charge is 0.353 e. The van der Waals surface area contributed by atoms with Gasteiger partial charge in [0.1, 0.15) is 23.3 Å². The minimum Gasteiger partial charge on any atom is -0.353 e. The first-order valence-corrected chi connectivity index (χ1v) is 31.7. The summed E-state index contributed by atoms with van der Waals surface area (Å²) in [6.07, 6.45) is 0.427. The standard InChI is InChI=1S/C25H20F3N3O2S.C22H20F3N3O2S.C20H17F3N4.4CH4/c26-25(27,28)20-8-3-7-19(15-20)22-16-29-24(30-22)18-11-13-31(14-12-18)34(32,33)23-10-4-6-17-5-1-2-9-21(17)23;1-15-5-7-19(8-6-15)31(29,30)28-11-9-16(10-12-28)21-26-14-20(27-21)17-3-2-4-18(13-17)22(23,24)25;21-20(22,23)16-5-3-4-15(12-16)17-13-25-19(26-17)14-7-10-27(11-8-14)18-6-1-2-9-24-18;;;;/h1-11,15-16H,12-14H2,(H,29,30);2-9,13-14H,10-12H2,1H3,(H,26,27);1-7,9,12-13H,8,10-11H2,(H,25,26);4*1H4. The van der Waals surface area contributed by atoms with Crippen LogP contribution in [-0.2, 0) is 38.6 Å². The summed E-state index contributed by atoms with van der Waals surface area (Å²) in [5, 5.41) is 1.53. The Hall–Kier alpha value is -9.43. The highest BCUT2D eigenvalue weighted by Gasteiger charge is 2.34. The molecule has 0 saturated carbocycles. The molecule has 96 heavy (non-hydrogen) atoms. The van der Waals surface area contributed by atoms with Gasteiger partial charge in [-0.1, -0.05) is 144 Å². The van der Waals surface area contributed by atoms with E-state index in [1.807, 2.05) is 49.4 Å². The Kier molecular flexibility index (Phi) is 23.5. The van der Waals surface area contributed by atoms with Gasteiger partial charge in [0.15, 0.2) is 0 Å². The lowest BCUT2D eigenvalue weighted by Crippen LogP contribution is -2.34. The van der Waals surface area contributed by atoms with Crippen LogP contribution < -0.4 is 4.90 Å². The molecule has 14 nitrogen and oxygen atoms in total.